The van der Waals surface area contributed by atoms with Crippen LogP contribution in [0.5, 0.6) is 0 Å². The molecule has 7 nitrogen and oxygen atoms in total. The number of rotatable bonds is 7. The highest BCUT2D eigenvalue weighted by atomic mass is 32.2. The van der Waals surface area contributed by atoms with Crippen molar-refractivity contribution >= 4 is 23.6 Å². The molecule has 2 aliphatic rings. The Morgan fingerprint density at radius 1 is 1.19 bits per heavy atom. The summed E-state index contributed by atoms with van der Waals surface area (Å²) in [6.45, 7) is 1.45. The SMILES string of the molecule is CSCCC(=O)N[C@H]1CC[C@H]1NC1CCN(C(=O)c2cnccn2)CC1. The summed E-state index contributed by atoms with van der Waals surface area (Å²) in [5.74, 6) is 0.980. The van der Waals surface area contributed by atoms with Crippen LogP contribution in [0.2, 0.25) is 0 Å². The minimum atomic E-state index is -0.0425. The van der Waals surface area contributed by atoms with Crippen molar-refractivity contribution in [3.63, 3.8) is 0 Å². The summed E-state index contributed by atoms with van der Waals surface area (Å²) >= 11 is 1.70. The molecule has 2 amide bonds. The van der Waals surface area contributed by atoms with E-state index in [2.05, 4.69) is 20.6 Å². The summed E-state index contributed by atoms with van der Waals surface area (Å²) in [7, 11) is 0. The minimum absolute atomic E-state index is 0.0425. The zero-order chi connectivity index (χ0) is 18.4. The maximum absolute atomic E-state index is 12.4. The van der Waals surface area contributed by atoms with E-state index in [-0.39, 0.29) is 17.9 Å². The molecular formula is C18H27N5O2S. The molecule has 1 saturated carbocycles. The largest absolute Gasteiger partial charge is 0.352 e. The van der Waals surface area contributed by atoms with Gasteiger partial charge in [0, 0.05) is 55.8 Å². The van der Waals surface area contributed by atoms with Gasteiger partial charge in [0.15, 0.2) is 0 Å². The minimum Gasteiger partial charge on any atom is -0.352 e. The summed E-state index contributed by atoms with van der Waals surface area (Å²) < 4.78 is 0. The van der Waals surface area contributed by atoms with Crippen molar-refractivity contribution < 1.29 is 9.59 Å². The number of nitrogens with zero attached hydrogens (tertiary/aromatic N) is 3. The first-order valence-electron chi connectivity index (χ1n) is 9.27. The first-order valence-corrected chi connectivity index (χ1v) is 10.7. The van der Waals surface area contributed by atoms with Gasteiger partial charge in [0.05, 0.1) is 6.20 Å². The number of piperidine rings is 1. The van der Waals surface area contributed by atoms with Crippen LogP contribution in [-0.2, 0) is 4.79 Å². The third-order valence-corrected chi connectivity index (χ3v) is 5.78. The van der Waals surface area contributed by atoms with E-state index < -0.39 is 0 Å². The molecule has 1 saturated heterocycles. The number of thioether (sulfide) groups is 1. The Morgan fingerprint density at radius 3 is 2.58 bits per heavy atom. The fourth-order valence-corrected chi connectivity index (χ4v) is 3.86. The van der Waals surface area contributed by atoms with E-state index in [4.69, 9.17) is 0 Å². The highest BCUT2D eigenvalue weighted by molar-refractivity contribution is 7.98. The number of likely N-dealkylation sites (tertiary alicyclic amines) is 1. The molecule has 0 spiro atoms. The fraction of sp³-hybridized carbons (Fsp3) is 0.667. The number of hydrogen-bond acceptors (Lipinski definition) is 6. The number of carbonyl (C=O) groups is 2. The van der Waals surface area contributed by atoms with Gasteiger partial charge in [0.1, 0.15) is 5.69 Å². The topological polar surface area (TPSA) is 87.2 Å². The van der Waals surface area contributed by atoms with Crippen LogP contribution in [0.15, 0.2) is 18.6 Å². The second-order valence-electron chi connectivity index (χ2n) is 6.92. The number of carbonyl (C=O) groups excluding carboxylic acids is 2. The Hall–Kier alpha value is -1.67. The van der Waals surface area contributed by atoms with Crippen LogP contribution < -0.4 is 10.6 Å². The number of aromatic nitrogens is 2. The Balaban J connectivity index is 1.40. The van der Waals surface area contributed by atoms with Gasteiger partial charge >= 0.3 is 0 Å². The van der Waals surface area contributed by atoms with Gasteiger partial charge in [0.25, 0.3) is 5.91 Å². The van der Waals surface area contributed by atoms with Crippen LogP contribution in [0, 0.1) is 0 Å². The molecule has 0 aromatic carbocycles. The average Bonchev–Trinajstić information content (AvgIpc) is 2.68. The second kappa shape index (κ2) is 9.32. The molecule has 0 radical (unpaired) electrons. The molecule has 2 N–H and O–H groups in total. The standard InChI is InChI=1S/C18H27N5O2S/c1-26-11-6-17(24)22-15-3-2-14(15)21-13-4-9-23(10-5-13)18(25)16-12-19-7-8-20-16/h7-8,12-15,21H,2-6,9-11H2,1H3,(H,22,24)/t14-,15+/m1/s1. The summed E-state index contributed by atoms with van der Waals surface area (Å²) in [5, 5.41) is 6.83. The number of hydrogen-bond donors (Lipinski definition) is 2. The predicted octanol–water partition coefficient (Wildman–Crippen LogP) is 1.07. The van der Waals surface area contributed by atoms with Gasteiger partial charge in [-0.1, -0.05) is 0 Å². The maximum Gasteiger partial charge on any atom is 0.274 e. The third-order valence-electron chi connectivity index (χ3n) is 5.17. The predicted molar refractivity (Wildman–Crippen MR) is 102 cm³/mol. The number of amides is 2. The summed E-state index contributed by atoms with van der Waals surface area (Å²) in [4.78, 5) is 34.2. The lowest BCUT2D eigenvalue weighted by Gasteiger charge is -2.42. The smallest absolute Gasteiger partial charge is 0.274 e. The normalized spacial score (nSPS) is 23.3. The van der Waals surface area contributed by atoms with Crippen molar-refractivity contribution in [3.05, 3.63) is 24.3 Å². The van der Waals surface area contributed by atoms with Crippen molar-refractivity contribution in [2.75, 3.05) is 25.1 Å². The van der Waals surface area contributed by atoms with Gasteiger partial charge in [0.2, 0.25) is 5.91 Å². The van der Waals surface area contributed by atoms with E-state index in [0.29, 0.717) is 24.2 Å². The molecular weight excluding hydrogens is 350 g/mol. The van der Waals surface area contributed by atoms with Crippen LogP contribution in [0.3, 0.4) is 0 Å². The summed E-state index contributed by atoms with van der Waals surface area (Å²) in [6, 6.07) is 1.01. The van der Waals surface area contributed by atoms with E-state index >= 15 is 0 Å². The lowest BCUT2D eigenvalue weighted by molar-refractivity contribution is -0.122. The van der Waals surface area contributed by atoms with Gasteiger partial charge in [-0.25, -0.2) is 4.98 Å². The molecule has 1 aromatic heterocycles. The highest BCUT2D eigenvalue weighted by Gasteiger charge is 2.34. The van der Waals surface area contributed by atoms with Crippen molar-refractivity contribution in [2.45, 2.75) is 50.2 Å². The van der Waals surface area contributed by atoms with Crippen molar-refractivity contribution in [2.24, 2.45) is 0 Å². The summed E-state index contributed by atoms with van der Waals surface area (Å²) in [5.41, 5.74) is 0.408. The molecule has 1 aromatic rings. The molecule has 3 rings (SSSR count). The number of nitrogens with one attached hydrogen (secondary N) is 2. The van der Waals surface area contributed by atoms with Crippen molar-refractivity contribution in [1.29, 1.82) is 0 Å². The van der Waals surface area contributed by atoms with Crippen molar-refractivity contribution in [3.8, 4) is 0 Å². The Labute approximate surface area is 158 Å². The zero-order valence-electron chi connectivity index (χ0n) is 15.2. The molecule has 142 valence electrons. The monoisotopic (exact) mass is 377 g/mol. The van der Waals surface area contributed by atoms with E-state index in [9.17, 15) is 9.59 Å². The Morgan fingerprint density at radius 2 is 1.96 bits per heavy atom. The molecule has 0 unspecified atom stereocenters. The van der Waals surface area contributed by atoms with E-state index in [1.807, 2.05) is 11.2 Å². The van der Waals surface area contributed by atoms with Gasteiger partial charge in [-0.05, 0) is 31.9 Å². The van der Waals surface area contributed by atoms with E-state index in [0.717, 1.165) is 44.5 Å². The van der Waals surface area contributed by atoms with Crippen LogP contribution in [0.4, 0.5) is 0 Å². The molecule has 1 aliphatic heterocycles. The van der Waals surface area contributed by atoms with Gasteiger partial charge in [-0.15, -0.1) is 0 Å². The third kappa shape index (κ3) is 4.94. The average molecular weight is 378 g/mol. The first kappa shape index (κ1) is 19.1. The van der Waals surface area contributed by atoms with E-state index in [1.54, 1.807) is 24.2 Å². The Kier molecular flexibility index (Phi) is 6.85. The first-order chi connectivity index (χ1) is 12.7. The molecule has 8 heteroatoms. The van der Waals surface area contributed by atoms with Gasteiger partial charge < -0.3 is 15.5 Å². The van der Waals surface area contributed by atoms with Crippen LogP contribution >= 0.6 is 11.8 Å². The Bertz CT molecular complexity index is 607. The zero-order valence-corrected chi connectivity index (χ0v) is 16.0. The molecule has 2 heterocycles. The lowest BCUT2D eigenvalue weighted by atomic mass is 9.85. The van der Waals surface area contributed by atoms with Crippen molar-refractivity contribution in [1.82, 2.24) is 25.5 Å². The molecule has 0 bridgehead atoms. The second-order valence-corrected chi connectivity index (χ2v) is 7.91. The molecule has 2 fully saturated rings. The van der Waals surface area contributed by atoms with Gasteiger partial charge in [-0.3, -0.25) is 14.6 Å². The van der Waals surface area contributed by atoms with E-state index in [1.165, 1.54) is 6.20 Å². The molecule has 1 aliphatic carbocycles. The highest BCUT2D eigenvalue weighted by Crippen LogP contribution is 2.23. The molecule has 26 heavy (non-hydrogen) atoms. The van der Waals surface area contributed by atoms with Crippen LogP contribution in [0.25, 0.3) is 0 Å². The van der Waals surface area contributed by atoms with Crippen LogP contribution in [0.1, 0.15) is 42.6 Å². The quantitative estimate of drug-likeness (QED) is 0.739. The summed E-state index contributed by atoms with van der Waals surface area (Å²) in [6.07, 6.45) is 11.2. The molecule has 2 atom stereocenters. The maximum atomic E-state index is 12.4. The fourth-order valence-electron chi connectivity index (χ4n) is 3.47. The lowest BCUT2D eigenvalue weighted by Crippen LogP contribution is -2.60. The van der Waals surface area contributed by atoms with Crippen LogP contribution in [-0.4, -0.2) is 69.9 Å². The van der Waals surface area contributed by atoms with Gasteiger partial charge in [-0.2, -0.15) is 11.8 Å².